The summed E-state index contributed by atoms with van der Waals surface area (Å²) in [4.78, 5) is 0. The third kappa shape index (κ3) is 2.87. The number of nitrogens with one attached hydrogen (secondary N) is 1. The number of methoxy groups -OCH3 is 1. The lowest BCUT2D eigenvalue weighted by Crippen LogP contribution is -2.48. The minimum atomic E-state index is -0.148. The summed E-state index contributed by atoms with van der Waals surface area (Å²) in [5, 5.41) is 3.50. The van der Waals surface area contributed by atoms with Gasteiger partial charge in [-0.2, -0.15) is 0 Å². The molecule has 0 amide bonds. The molecule has 1 saturated heterocycles. The molecule has 0 aromatic heterocycles. The van der Waals surface area contributed by atoms with Gasteiger partial charge in [0, 0.05) is 33.2 Å². The third-order valence-corrected chi connectivity index (χ3v) is 5.38. The summed E-state index contributed by atoms with van der Waals surface area (Å²) < 4.78 is 11.5. The van der Waals surface area contributed by atoms with E-state index >= 15 is 0 Å². The molecule has 2 aliphatic rings. The molecule has 1 aromatic carbocycles. The van der Waals surface area contributed by atoms with Crippen molar-refractivity contribution in [3.05, 3.63) is 35.4 Å². The standard InChI is InChI=1S/C18H27NO2/c1-19-17(18(20-2)9-11-21-12-10-18)16-8-4-7-15(13-16)14-5-3-6-14/h4,7-8,13-14,17,19H,3,5-6,9-12H2,1-2H3. The van der Waals surface area contributed by atoms with Gasteiger partial charge in [-0.15, -0.1) is 0 Å². The fourth-order valence-electron chi connectivity index (χ4n) is 3.80. The van der Waals surface area contributed by atoms with Crippen molar-refractivity contribution in [1.82, 2.24) is 5.32 Å². The Balaban J connectivity index is 1.87. The second-order valence-electron chi connectivity index (χ2n) is 6.40. The number of hydrogen-bond acceptors (Lipinski definition) is 3. The first kappa shape index (κ1) is 15.0. The number of benzene rings is 1. The Morgan fingerprint density at radius 2 is 2.05 bits per heavy atom. The van der Waals surface area contributed by atoms with E-state index in [2.05, 4.69) is 29.6 Å². The highest BCUT2D eigenvalue weighted by molar-refractivity contribution is 5.31. The van der Waals surface area contributed by atoms with Gasteiger partial charge < -0.3 is 14.8 Å². The maximum atomic E-state index is 5.98. The molecular formula is C18H27NO2. The molecule has 0 spiro atoms. The van der Waals surface area contributed by atoms with Crippen molar-refractivity contribution in [3.8, 4) is 0 Å². The monoisotopic (exact) mass is 289 g/mol. The van der Waals surface area contributed by atoms with Crippen molar-refractivity contribution in [2.24, 2.45) is 0 Å². The SMILES string of the molecule is CNC(c1cccc(C2CCC2)c1)C1(OC)CCOCC1. The Morgan fingerprint density at radius 3 is 2.62 bits per heavy atom. The molecule has 21 heavy (non-hydrogen) atoms. The molecule has 1 atom stereocenters. The Hall–Kier alpha value is -0.900. The van der Waals surface area contributed by atoms with Crippen LogP contribution in [0.25, 0.3) is 0 Å². The average molecular weight is 289 g/mol. The molecule has 0 bridgehead atoms. The molecule has 2 fully saturated rings. The van der Waals surface area contributed by atoms with Crippen LogP contribution in [-0.4, -0.2) is 33.0 Å². The first-order valence-corrected chi connectivity index (χ1v) is 8.19. The van der Waals surface area contributed by atoms with Crippen molar-refractivity contribution in [2.75, 3.05) is 27.4 Å². The van der Waals surface area contributed by atoms with Crippen molar-refractivity contribution in [2.45, 2.75) is 49.7 Å². The summed E-state index contributed by atoms with van der Waals surface area (Å²) in [6.45, 7) is 1.57. The number of ether oxygens (including phenoxy) is 2. The van der Waals surface area contributed by atoms with E-state index in [0.29, 0.717) is 0 Å². The molecule has 1 unspecified atom stereocenters. The van der Waals surface area contributed by atoms with Gasteiger partial charge in [0.05, 0.1) is 11.6 Å². The lowest BCUT2D eigenvalue weighted by molar-refractivity contribution is -0.110. The summed E-state index contributed by atoms with van der Waals surface area (Å²) in [7, 11) is 3.88. The van der Waals surface area contributed by atoms with Crippen LogP contribution in [0.4, 0.5) is 0 Å². The van der Waals surface area contributed by atoms with Gasteiger partial charge in [-0.3, -0.25) is 0 Å². The highest BCUT2D eigenvalue weighted by Gasteiger charge is 2.41. The zero-order valence-corrected chi connectivity index (χ0v) is 13.2. The van der Waals surface area contributed by atoms with Crippen LogP contribution in [0.5, 0.6) is 0 Å². The molecule has 1 N–H and O–H groups in total. The largest absolute Gasteiger partial charge is 0.381 e. The van der Waals surface area contributed by atoms with E-state index in [1.165, 1.54) is 30.4 Å². The van der Waals surface area contributed by atoms with Crippen molar-refractivity contribution in [3.63, 3.8) is 0 Å². The van der Waals surface area contributed by atoms with E-state index in [4.69, 9.17) is 9.47 Å². The van der Waals surface area contributed by atoms with Gasteiger partial charge in [-0.25, -0.2) is 0 Å². The van der Waals surface area contributed by atoms with Gasteiger partial charge in [-0.05, 0) is 36.9 Å². The molecule has 0 radical (unpaired) electrons. The molecule has 1 aliphatic heterocycles. The second-order valence-corrected chi connectivity index (χ2v) is 6.40. The summed E-state index contributed by atoms with van der Waals surface area (Å²) in [6.07, 6.45) is 5.96. The Kier molecular flexibility index (Phi) is 4.63. The fourth-order valence-corrected chi connectivity index (χ4v) is 3.80. The molecule has 1 saturated carbocycles. The second kappa shape index (κ2) is 6.47. The maximum absolute atomic E-state index is 5.98. The van der Waals surface area contributed by atoms with Crippen molar-refractivity contribution < 1.29 is 9.47 Å². The molecule has 1 aromatic rings. The predicted molar refractivity (Wildman–Crippen MR) is 84.6 cm³/mol. The zero-order chi connectivity index (χ0) is 14.7. The molecule has 3 heteroatoms. The zero-order valence-electron chi connectivity index (χ0n) is 13.2. The van der Waals surface area contributed by atoms with Crippen LogP contribution in [0, 0.1) is 0 Å². The summed E-state index contributed by atoms with van der Waals surface area (Å²) >= 11 is 0. The van der Waals surface area contributed by atoms with E-state index in [9.17, 15) is 0 Å². The first-order valence-electron chi connectivity index (χ1n) is 8.19. The van der Waals surface area contributed by atoms with Gasteiger partial charge in [0.25, 0.3) is 0 Å². The van der Waals surface area contributed by atoms with E-state index in [1.54, 1.807) is 0 Å². The van der Waals surface area contributed by atoms with Gasteiger partial charge in [-0.1, -0.05) is 30.7 Å². The Labute approximate surface area is 128 Å². The highest BCUT2D eigenvalue weighted by atomic mass is 16.5. The highest BCUT2D eigenvalue weighted by Crippen LogP contribution is 2.40. The lowest BCUT2D eigenvalue weighted by atomic mass is 9.77. The van der Waals surface area contributed by atoms with Crippen LogP contribution < -0.4 is 5.32 Å². The summed E-state index contributed by atoms with van der Waals surface area (Å²) in [6, 6.07) is 9.34. The predicted octanol–water partition coefficient (Wildman–Crippen LogP) is 3.41. The fraction of sp³-hybridized carbons (Fsp3) is 0.667. The topological polar surface area (TPSA) is 30.5 Å². The van der Waals surface area contributed by atoms with Crippen LogP contribution in [0.2, 0.25) is 0 Å². The third-order valence-electron chi connectivity index (χ3n) is 5.38. The molecule has 3 nitrogen and oxygen atoms in total. The normalized spacial score (nSPS) is 23.5. The number of hydrogen-bond donors (Lipinski definition) is 1. The van der Waals surface area contributed by atoms with Crippen LogP contribution in [0.1, 0.15) is 55.2 Å². The van der Waals surface area contributed by atoms with Gasteiger partial charge >= 0.3 is 0 Å². The lowest BCUT2D eigenvalue weighted by Gasteiger charge is -2.42. The molecule has 1 aliphatic carbocycles. The smallest absolute Gasteiger partial charge is 0.0916 e. The Bertz CT molecular complexity index is 464. The first-order chi connectivity index (χ1) is 10.3. The van der Waals surface area contributed by atoms with Gasteiger partial charge in [0.1, 0.15) is 0 Å². The van der Waals surface area contributed by atoms with E-state index < -0.39 is 0 Å². The van der Waals surface area contributed by atoms with Gasteiger partial charge in [0.15, 0.2) is 0 Å². The average Bonchev–Trinajstić information content (AvgIpc) is 2.48. The van der Waals surface area contributed by atoms with E-state index in [1.807, 2.05) is 14.2 Å². The minimum absolute atomic E-state index is 0.148. The number of rotatable bonds is 5. The van der Waals surface area contributed by atoms with Gasteiger partial charge in [0.2, 0.25) is 0 Å². The van der Waals surface area contributed by atoms with E-state index in [-0.39, 0.29) is 11.6 Å². The minimum Gasteiger partial charge on any atom is -0.381 e. The van der Waals surface area contributed by atoms with E-state index in [0.717, 1.165) is 32.0 Å². The summed E-state index contributed by atoms with van der Waals surface area (Å²) in [5.74, 6) is 0.774. The Morgan fingerprint density at radius 1 is 1.29 bits per heavy atom. The molecule has 3 rings (SSSR count). The number of likely N-dealkylation sites (N-methyl/N-ethyl adjacent to an activating group) is 1. The van der Waals surface area contributed by atoms with Crippen molar-refractivity contribution >= 4 is 0 Å². The van der Waals surface area contributed by atoms with Crippen LogP contribution in [-0.2, 0) is 9.47 Å². The van der Waals surface area contributed by atoms with Crippen LogP contribution in [0.15, 0.2) is 24.3 Å². The van der Waals surface area contributed by atoms with Crippen molar-refractivity contribution in [1.29, 1.82) is 0 Å². The molecular weight excluding hydrogens is 262 g/mol. The van der Waals surface area contributed by atoms with Crippen LogP contribution in [0.3, 0.4) is 0 Å². The summed E-state index contributed by atoms with van der Waals surface area (Å²) in [5.41, 5.74) is 2.70. The molecule has 116 valence electrons. The molecule has 1 heterocycles. The maximum Gasteiger partial charge on any atom is 0.0916 e. The van der Waals surface area contributed by atoms with Crippen LogP contribution >= 0.6 is 0 Å². The quantitative estimate of drug-likeness (QED) is 0.901.